The van der Waals surface area contributed by atoms with E-state index in [4.69, 9.17) is 5.73 Å². The predicted molar refractivity (Wildman–Crippen MR) is 202 cm³/mol. The van der Waals surface area contributed by atoms with Crippen molar-refractivity contribution in [1.29, 1.82) is 0 Å². The maximum Gasteiger partial charge on any atom is 0.0646 e. The van der Waals surface area contributed by atoms with Gasteiger partial charge in [0.25, 0.3) is 0 Å². The van der Waals surface area contributed by atoms with Gasteiger partial charge in [-0.1, -0.05) is 143 Å². The van der Waals surface area contributed by atoms with E-state index in [2.05, 4.69) is 177 Å². The number of para-hydroxylation sites is 2. The van der Waals surface area contributed by atoms with Crippen molar-refractivity contribution in [1.82, 2.24) is 9.88 Å². The van der Waals surface area contributed by atoms with Crippen molar-refractivity contribution >= 4 is 38.9 Å². The molecule has 2 spiro atoms. The smallest absolute Gasteiger partial charge is 0.0646 e. The van der Waals surface area contributed by atoms with E-state index in [1.165, 1.54) is 49.9 Å². The van der Waals surface area contributed by atoms with Crippen LogP contribution in [0.15, 0.2) is 140 Å². The van der Waals surface area contributed by atoms with E-state index in [-0.39, 0.29) is 27.7 Å². The lowest BCUT2D eigenvalue weighted by atomic mass is 9.58. The Kier molecular flexibility index (Phi) is 6.07. The Morgan fingerprint density at radius 2 is 1.33 bits per heavy atom. The number of hydrogen-bond donors (Lipinski definition) is 2. The van der Waals surface area contributed by atoms with Crippen molar-refractivity contribution in [2.75, 3.05) is 0 Å². The third-order valence-electron chi connectivity index (χ3n) is 13.0. The molecule has 2 aliphatic heterocycles. The molecule has 238 valence electrons. The van der Waals surface area contributed by atoms with Gasteiger partial charge in [0.05, 0.1) is 16.6 Å². The standard InChI is InChI=1S/C45H43N3/c1-5-43(6-2)37-23-14-9-20-34(37)38(46)24-8-7-17-27-44(43)42(4)36-22-13-10-21-35(36)39-29-31(28-30(3)45(42,44)47-39)48-40-25-15-11-18-32(40)33-19-12-16-26-41(33)48/h7-30,47H,5-6,46H2,1-4H3/b8-7-,27-17+,38-24-/t30?,42?,44-,45+/m0/s1. The molecular formula is C45H43N3. The van der Waals surface area contributed by atoms with Gasteiger partial charge >= 0.3 is 0 Å². The van der Waals surface area contributed by atoms with Crippen LogP contribution < -0.4 is 11.1 Å². The highest BCUT2D eigenvalue weighted by atomic mass is 15.2. The molecule has 2 unspecified atom stereocenters. The fourth-order valence-corrected chi connectivity index (χ4v) is 11.2. The number of hydrogen-bond acceptors (Lipinski definition) is 2. The van der Waals surface area contributed by atoms with Crippen molar-refractivity contribution in [2.24, 2.45) is 17.1 Å². The maximum atomic E-state index is 6.89. The number of rotatable bonds is 3. The highest BCUT2D eigenvalue weighted by Gasteiger charge is 2.91. The summed E-state index contributed by atoms with van der Waals surface area (Å²) >= 11 is 0. The molecule has 48 heavy (non-hydrogen) atoms. The Hall–Kier alpha value is -5.02. The lowest BCUT2D eigenvalue weighted by Crippen LogP contribution is -2.50. The molecular weight excluding hydrogens is 583 g/mol. The van der Waals surface area contributed by atoms with Gasteiger partial charge in [-0.15, -0.1) is 0 Å². The SMILES string of the molecule is CCC1(CC)c2ccccc2/C(N)=C/C=C\C=C\[C@]12C1(C)c3ccccc3C3=CC(n4c5ccccc5c5ccccc54)=CC(C)[C@@]12N3. The van der Waals surface area contributed by atoms with Crippen molar-refractivity contribution in [3.63, 3.8) is 0 Å². The molecule has 3 N–H and O–H groups in total. The van der Waals surface area contributed by atoms with Crippen LogP contribution in [-0.4, -0.2) is 10.1 Å². The molecule has 5 aromatic rings. The van der Waals surface area contributed by atoms with Gasteiger partial charge in [0, 0.05) is 61.2 Å². The van der Waals surface area contributed by atoms with Gasteiger partial charge in [0.2, 0.25) is 0 Å². The molecule has 2 aliphatic carbocycles. The lowest BCUT2D eigenvalue weighted by Gasteiger charge is -2.45. The fraction of sp³-hybridized carbons (Fsp3) is 0.244. The summed E-state index contributed by atoms with van der Waals surface area (Å²) in [6, 6.07) is 35.8. The lowest BCUT2D eigenvalue weighted by molar-refractivity contribution is 0.208. The molecule has 4 aromatic carbocycles. The number of nitrogens with zero attached hydrogens (tertiary/aromatic N) is 1. The number of allylic oxidation sites excluding steroid dienone is 6. The third kappa shape index (κ3) is 3.20. The number of fused-ring (bicyclic) bond motifs is 9. The molecule has 2 bridgehead atoms. The summed E-state index contributed by atoms with van der Waals surface area (Å²) in [6.45, 7) is 9.79. The molecule has 0 radical (unpaired) electrons. The summed E-state index contributed by atoms with van der Waals surface area (Å²) in [6.07, 6.45) is 18.2. The first kappa shape index (κ1) is 29.1. The predicted octanol–water partition coefficient (Wildman–Crippen LogP) is 10.1. The summed E-state index contributed by atoms with van der Waals surface area (Å²) in [5.74, 6) is 0.175. The topological polar surface area (TPSA) is 43.0 Å². The molecule has 4 aliphatic rings. The zero-order valence-corrected chi connectivity index (χ0v) is 28.3. The molecule has 1 aromatic heterocycles. The number of aromatic nitrogens is 1. The highest BCUT2D eigenvalue weighted by Crippen LogP contribution is 2.85. The van der Waals surface area contributed by atoms with Crippen molar-refractivity contribution in [3.05, 3.63) is 162 Å². The molecule has 4 atom stereocenters. The first-order valence-electron chi connectivity index (χ1n) is 17.6. The number of nitrogens with two attached hydrogens (primary N) is 1. The van der Waals surface area contributed by atoms with Crippen LogP contribution in [0.4, 0.5) is 0 Å². The minimum absolute atomic E-state index is 0.175. The molecule has 3 nitrogen and oxygen atoms in total. The molecule has 1 saturated carbocycles. The van der Waals surface area contributed by atoms with Crippen LogP contribution in [-0.2, 0) is 10.8 Å². The Labute approximate surface area is 283 Å². The largest absolute Gasteiger partial charge is 0.398 e. The van der Waals surface area contributed by atoms with Gasteiger partial charge in [0.15, 0.2) is 0 Å². The molecule has 3 heterocycles. The van der Waals surface area contributed by atoms with E-state index >= 15 is 0 Å². The second-order valence-corrected chi connectivity index (χ2v) is 14.4. The van der Waals surface area contributed by atoms with Crippen LogP contribution in [0.5, 0.6) is 0 Å². The van der Waals surface area contributed by atoms with Gasteiger partial charge in [-0.3, -0.25) is 0 Å². The summed E-state index contributed by atoms with van der Waals surface area (Å²) in [7, 11) is 0. The number of nitrogens with one attached hydrogen (secondary N) is 1. The number of benzene rings is 4. The van der Waals surface area contributed by atoms with Crippen LogP contribution in [0.2, 0.25) is 0 Å². The van der Waals surface area contributed by atoms with Crippen LogP contribution in [0.1, 0.15) is 62.8 Å². The van der Waals surface area contributed by atoms with Crippen LogP contribution in [0.3, 0.4) is 0 Å². The van der Waals surface area contributed by atoms with Gasteiger partial charge in [0.1, 0.15) is 0 Å². The van der Waals surface area contributed by atoms with Gasteiger partial charge in [-0.25, -0.2) is 0 Å². The molecule has 9 rings (SSSR count). The Balaban J connectivity index is 1.39. The van der Waals surface area contributed by atoms with Gasteiger partial charge in [-0.05, 0) is 48.3 Å². The van der Waals surface area contributed by atoms with E-state index in [0.29, 0.717) is 0 Å². The van der Waals surface area contributed by atoms with E-state index in [0.717, 1.165) is 24.1 Å². The fourth-order valence-electron chi connectivity index (χ4n) is 11.2. The minimum atomic E-state index is -0.304. The van der Waals surface area contributed by atoms with Crippen molar-refractivity contribution < 1.29 is 0 Å². The van der Waals surface area contributed by atoms with E-state index < -0.39 is 0 Å². The van der Waals surface area contributed by atoms with E-state index in [1.807, 2.05) is 0 Å². The zero-order valence-electron chi connectivity index (χ0n) is 28.3. The summed E-state index contributed by atoms with van der Waals surface area (Å²) in [5, 5.41) is 6.95. The van der Waals surface area contributed by atoms with Crippen LogP contribution in [0.25, 0.3) is 38.9 Å². The normalized spacial score (nSPS) is 30.4. The van der Waals surface area contributed by atoms with Gasteiger partial charge < -0.3 is 15.6 Å². The maximum absolute atomic E-state index is 6.89. The van der Waals surface area contributed by atoms with E-state index in [9.17, 15) is 0 Å². The highest BCUT2D eigenvalue weighted by molar-refractivity contribution is 6.10. The first-order valence-corrected chi connectivity index (χ1v) is 17.6. The van der Waals surface area contributed by atoms with Gasteiger partial charge in [-0.2, -0.15) is 0 Å². The average molecular weight is 626 g/mol. The van der Waals surface area contributed by atoms with Crippen LogP contribution >= 0.6 is 0 Å². The third-order valence-corrected chi connectivity index (χ3v) is 13.0. The Morgan fingerprint density at radius 3 is 2.02 bits per heavy atom. The van der Waals surface area contributed by atoms with Crippen LogP contribution in [0, 0.1) is 11.3 Å². The molecule has 0 amide bonds. The summed E-state index contributed by atoms with van der Waals surface area (Å²) < 4.78 is 2.49. The minimum Gasteiger partial charge on any atom is -0.398 e. The van der Waals surface area contributed by atoms with E-state index in [1.54, 1.807) is 0 Å². The summed E-state index contributed by atoms with van der Waals surface area (Å²) in [4.78, 5) is 0. The Morgan fingerprint density at radius 1 is 0.729 bits per heavy atom. The summed E-state index contributed by atoms with van der Waals surface area (Å²) in [5.41, 5.74) is 16.8. The first-order chi connectivity index (χ1) is 23.4. The molecule has 1 fully saturated rings. The molecule has 3 heteroatoms. The second-order valence-electron chi connectivity index (χ2n) is 14.4. The zero-order chi connectivity index (χ0) is 32.9. The quantitative estimate of drug-likeness (QED) is 0.210. The molecule has 0 saturated heterocycles. The monoisotopic (exact) mass is 625 g/mol. The second kappa shape index (κ2) is 10.00. The average Bonchev–Trinajstić information content (AvgIpc) is 3.49. The van der Waals surface area contributed by atoms with Crippen molar-refractivity contribution in [2.45, 2.75) is 56.9 Å². The Bertz CT molecular complexity index is 2250. The van der Waals surface area contributed by atoms with Crippen molar-refractivity contribution in [3.8, 4) is 0 Å².